The van der Waals surface area contributed by atoms with Crippen molar-refractivity contribution >= 4 is 17.1 Å². The summed E-state index contributed by atoms with van der Waals surface area (Å²) in [5.41, 5.74) is 2.14. The van der Waals surface area contributed by atoms with Crippen LogP contribution >= 0.6 is 11.3 Å². The number of rotatable bonds is 4. The van der Waals surface area contributed by atoms with Gasteiger partial charge in [-0.05, 0) is 6.92 Å². The molecule has 0 fully saturated rings. The van der Waals surface area contributed by atoms with Gasteiger partial charge in [0.15, 0.2) is 0 Å². The maximum Gasteiger partial charge on any atom is 0.130 e. The number of thiazole rings is 1. The predicted octanol–water partition coefficient (Wildman–Crippen LogP) is 3.33. The summed E-state index contributed by atoms with van der Waals surface area (Å²) in [7, 11) is 0. The average Bonchev–Trinajstić information content (AvgIpc) is 2.76. The zero-order valence-electron chi connectivity index (χ0n) is 9.14. The standard InChI is InChI=1S/C13H13NOS/c1-10(15)7-8-13-14-12(9-16-13)11-5-3-2-4-6-11/h2-6,9H,7-8H2,1H3. The van der Waals surface area contributed by atoms with Crippen LogP contribution in [0.2, 0.25) is 0 Å². The molecule has 0 spiro atoms. The van der Waals surface area contributed by atoms with E-state index < -0.39 is 0 Å². The molecule has 0 aliphatic rings. The van der Waals surface area contributed by atoms with E-state index in [2.05, 4.69) is 4.98 Å². The number of ketones is 1. The molecule has 1 aromatic heterocycles. The predicted molar refractivity (Wildman–Crippen MR) is 66.6 cm³/mol. The number of benzene rings is 1. The summed E-state index contributed by atoms with van der Waals surface area (Å²) < 4.78 is 0. The maximum atomic E-state index is 10.9. The van der Waals surface area contributed by atoms with Crippen LogP contribution < -0.4 is 0 Å². The fraction of sp³-hybridized carbons (Fsp3) is 0.231. The summed E-state index contributed by atoms with van der Waals surface area (Å²) in [5.74, 6) is 0.219. The Labute approximate surface area is 99.0 Å². The molecule has 0 saturated heterocycles. The summed E-state index contributed by atoms with van der Waals surface area (Å²) in [6.07, 6.45) is 1.34. The molecular weight excluding hydrogens is 218 g/mol. The Morgan fingerprint density at radius 1 is 1.31 bits per heavy atom. The lowest BCUT2D eigenvalue weighted by atomic mass is 10.2. The first-order valence-electron chi connectivity index (χ1n) is 5.25. The summed E-state index contributed by atoms with van der Waals surface area (Å²) >= 11 is 1.62. The highest BCUT2D eigenvalue weighted by Crippen LogP contribution is 2.22. The van der Waals surface area contributed by atoms with Crippen LogP contribution in [0.3, 0.4) is 0 Å². The second-order valence-corrected chi connectivity index (χ2v) is 4.64. The molecular formula is C13H13NOS. The van der Waals surface area contributed by atoms with E-state index in [4.69, 9.17) is 0 Å². The Hall–Kier alpha value is -1.48. The number of nitrogens with zero attached hydrogens (tertiary/aromatic N) is 1. The van der Waals surface area contributed by atoms with E-state index in [1.807, 2.05) is 35.7 Å². The quantitative estimate of drug-likeness (QED) is 0.807. The molecule has 0 aliphatic heterocycles. The number of hydrogen-bond acceptors (Lipinski definition) is 3. The molecule has 0 bridgehead atoms. The smallest absolute Gasteiger partial charge is 0.130 e. The number of aromatic nitrogens is 1. The van der Waals surface area contributed by atoms with Gasteiger partial charge in [-0.2, -0.15) is 0 Å². The number of aryl methyl sites for hydroxylation is 1. The van der Waals surface area contributed by atoms with Gasteiger partial charge in [-0.25, -0.2) is 4.98 Å². The highest BCUT2D eigenvalue weighted by molar-refractivity contribution is 7.09. The van der Waals surface area contributed by atoms with Crippen molar-refractivity contribution in [2.75, 3.05) is 0 Å². The van der Waals surface area contributed by atoms with Crippen LogP contribution in [0.4, 0.5) is 0 Å². The van der Waals surface area contributed by atoms with Crippen molar-refractivity contribution in [1.82, 2.24) is 4.98 Å². The molecule has 2 rings (SSSR count). The highest BCUT2D eigenvalue weighted by atomic mass is 32.1. The summed E-state index contributed by atoms with van der Waals surface area (Å²) in [6.45, 7) is 1.62. The van der Waals surface area contributed by atoms with Gasteiger partial charge in [0, 0.05) is 23.8 Å². The summed E-state index contributed by atoms with van der Waals surface area (Å²) in [6, 6.07) is 10.1. The molecule has 0 radical (unpaired) electrons. The first-order valence-corrected chi connectivity index (χ1v) is 6.13. The molecule has 0 amide bonds. The van der Waals surface area contributed by atoms with E-state index in [1.165, 1.54) is 0 Å². The molecule has 2 aromatic rings. The van der Waals surface area contributed by atoms with E-state index in [-0.39, 0.29) is 5.78 Å². The van der Waals surface area contributed by atoms with E-state index in [1.54, 1.807) is 18.3 Å². The minimum atomic E-state index is 0.219. The second-order valence-electron chi connectivity index (χ2n) is 3.69. The van der Waals surface area contributed by atoms with Crippen LogP contribution in [0.25, 0.3) is 11.3 Å². The third-order valence-electron chi connectivity index (χ3n) is 2.31. The largest absolute Gasteiger partial charge is 0.300 e. The molecule has 82 valence electrons. The normalized spacial score (nSPS) is 10.3. The van der Waals surface area contributed by atoms with Gasteiger partial charge in [0.2, 0.25) is 0 Å². The fourth-order valence-electron chi connectivity index (χ4n) is 1.45. The van der Waals surface area contributed by atoms with Crippen LogP contribution in [0.5, 0.6) is 0 Å². The molecule has 0 atom stereocenters. The van der Waals surface area contributed by atoms with Crippen molar-refractivity contribution in [3.05, 3.63) is 40.7 Å². The molecule has 3 heteroatoms. The topological polar surface area (TPSA) is 30.0 Å². The zero-order chi connectivity index (χ0) is 11.4. The van der Waals surface area contributed by atoms with Crippen molar-refractivity contribution in [3.8, 4) is 11.3 Å². The van der Waals surface area contributed by atoms with Crippen molar-refractivity contribution in [2.24, 2.45) is 0 Å². The number of hydrogen-bond donors (Lipinski definition) is 0. The van der Waals surface area contributed by atoms with E-state index in [0.717, 1.165) is 22.7 Å². The highest BCUT2D eigenvalue weighted by Gasteiger charge is 2.04. The van der Waals surface area contributed by atoms with Gasteiger partial charge in [0.05, 0.1) is 10.7 Å². The fourth-order valence-corrected chi connectivity index (χ4v) is 2.26. The van der Waals surface area contributed by atoms with Gasteiger partial charge in [0.25, 0.3) is 0 Å². The minimum absolute atomic E-state index is 0.219. The Morgan fingerprint density at radius 3 is 2.75 bits per heavy atom. The van der Waals surface area contributed by atoms with E-state index >= 15 is 0 Å². The molecule has 2 nitrogen and oxygen atoms in total. The first-order chi connectivity index (χ1) is 7.75. The minimum Gasteiger partial charge on any atom is -0.300 e. The molecule has 1 heterocycles. The molecule has 0 aliphatic carbocycles. The van der Waals surface area contributed by atoms with Gasteiger partial charge in [-0.15, -0.1) is 11.3 Å². The molecule has 0 N–H and O–H groups in total. The number of carbonyl (C=O) groups excluding carboxylic acids is 1. The Morgan fingerprint density at radius 2 is 2.06 bits per heavy atom. The Bertz CT molecular complexity index is 476. The van der Waals surface area contributed by atoms with E-state index in [9.17, 15) is 4.79 Å². The number of Topliss-reactive ketones (excluding diaryl/α,β-unsaturated/α-hetero) is 1. The van der Waals surface area contributed by atoms with Crippen LogP contribution in [0.15, 0.2) is 35.7 Å². The van der Waals surface area contributed by atoms with Crippen LogP contribution in [0, 0.1) is 0 Å². The third kappa shape index (κ3) is 2.76. The average molecular weight is 231 g/mol. The second kappa shape index (κ2) is 5.03. The van der Waals surface area contributed by atoms with Gasteiger partial charge in [-0.1, -0.05) is 30.3 Å². The number of carbonyl (C=O) groups is 1. The van der Waals surface area contributed by atoms with Gasteiger partial charge >= 0.3 is 0 Å². The SMILES string of the molecule is CC(=O)CCc1nc(-c2ccccc2)cs1. The maximum absolute atomic E-state index is 10.9. The summed E-state index contributed by atoms with van der Waals surface area (Å²) in [4.78, 5) is 15.4. The Balaban J connectivity index is 2.11. The Kier molecular flexibility index (Phi) is 3.47. The monoisotopic (exact) mass is 231 g/mol. The van der Waals surface area contributed by atoms with Crippen LogP contribution in [0.1, 0.15) is 18.4 Å². The summed E-state index contributed by atoms with van der Waals surface area (Å²) in [5, 5.41) is 3.08. The van der Waals surface area contributed by atoms with Crippen molar-refractivity contribution in [2.45, 2.75) is 19.8 Å². The lowest BCUT2D eigenvalue weighted by molar-refractivity contribution is -0.116. The van der Waals surface area contributed by atoms with Crippen LogP contribution in [-0.2, 0) is 11.2 Å². The van der Waals surface area contributed by atoms with Gasteiger partial charge < -0.3 is 4.79 Å². The third-order valence-corrected chi connectivity index (χ3v) is 3.22. The molecule has 16 heavy (non-hydrogen) atoms. The van der Waals surface area contributed by atoms with E-state index in [0.29, 0.717) is 6.42 Å². The first kappa shape index (κ1) is 11.0. The van der Waals surface area contributed by atoms with Crippen molar-refractivity contribution in [1.29, 1.82) is 0 Å². The zero-order valence-corrected chi connectivity index (χ0v) is 9.96. The van der Waals surface area contributed by atoms with Crippen LogP contribution in [-0.4, -0.2) is 10.8 Å². The molecule has 1 aromatic carbocycles. The van der Waals surface area contributed by atoms with Gasteiger partial charge in [0.1, 0.15) is 5.78 Å². The lowest BCUT2D eigenvalue weighted by Crippen LogP contribution is -1.93. The molecule has 0 unspecified atom stereocenters. The van der Waals surface area contributed by atoms with Gasteiger partial charge in [-0.3, -0.25) is 0 Å². The lowest BCUT2D eigenvalue weighted by Gasteiger charge is -1.94. The van der Waals surface area contributed by atoms with Crippen molar-refractivity contribution in [3.63, 3.8) is 0 Å². The molecule has 0 saturated carbocycles. The van der Waals surface area contributed by atoms with Crippen molar-refractivity contribution < 1.29 is 4.79 Å².